The fourth-order valence-electron chi connectivity index (χ4n) is 2.60. The molecule has 1 heterocycles. The predicted molar refractivity (Wildman–Crippen MR) is 90.8 cm³/mol. The first-order chi connectivity index (χ1) is 10.9. The van der Waals surface area contributed by atoms with Gasteiger partial charge in [0.05, 0.1) is 11.0 Å². The molecule has 3 aromatic carbocycles. The third-order valence-electron chi connectivity index (χ3n) is 3.61. The van der Waals surface area contributed by atoms with E-state index < -0.39 is 0 Å². The van der Waals surface area contributed by atoms with Gasteiger partial charge in [-0.05, 0) is 36.4 Å². The highest BCUT2D eigenvalue weighted by Crippen LogP contribution is 2.26. The second-order valence-electron chi connectivity index (χ2n) is 5.09. The van der Waals surface area contributed by atoms with Crippen molar-refractivity contribution in [1.82, 2.24) is 9.55 Å². The summed E-state index contributed by atoms with van der Waals surface area (Å²) in [5.41, 5.74) is 4.18. The van der Waals surface area contributed by atoms with Crippen LogP contribution >= 0.6 is 0 Å². The number of fused-ring (bicyclic) bond motifs is 1. The minimum absolute atomic E-state index is 0.818. The van der Waals surface area contributed by atoms with Crippen molar-refractivity contribution in [2.45, 2.75) is 0 Å². The SMILES string of the molecule is c1ccc(Nc2nc3ccccc3n2-c2ccccc2)cc1. The molecule has 0 aliphatic rings. The molecule has 0 aliphatic heterocycles. The number of hydrogen-bond acceptors (Lipinski definition) is 2. The molecule has 0 spiro atoms. The topological polar surface area (TPSA) is 29.9 Å². The van der Waals surface area contributed by atoms with Crippen LogP contribution in [0.3, 0.4) is 0 Å². The molecular weight excluding hydrogens is 270 g/mol. The quantitative estimate of drug-likeness (QED) is 0.587. The van der Waals surface area contributed by atoms with Gasteiger partial charge in [-0.1, -0.05) is 48.5 Å². The van der Waals surface area contributed by atoms with Crippen molar-refractivity contribution >= 4 is 22.7 Å². The van der Waals surface area contributed by atoms with E-state index in [1.165, 1.54) is 0 Å². The Labute approximate surface area is 128 Å². The molecule has 0 amide bonds. The highest BCUT2D eigenvalue weighted by molar-refractivity contribution is 5.82. The zero-order valence-corrected chi connectivity index (χ0v) is 12.0. The number of imidazole rings is 1. The molecule has 22 heavy (non-hydrogen) atoms. The fraction of sp³-hybridized carbons (Fsp3) is 0. The number of nitrogens with zero attached hydrogens (tertiary/aromatic N) is 2. The third-order valence-corrected chi connectivity index (χ3v) is 3.61. The highest BCUT2D eigenvalue weighted by atomic mass is 15.2. The van der Waals surface area contributed by atoms with E-state index in [2.05, 4.69) is 28.1 Å². The van der Waals surface area contributed by atoms with Crippen molar-refractivity contribution in [3.05, 3.63) is 84.9 Å². The van der Waals surface area contributed by atoms with Crippen molar-refractivity contribution in [3.63, 3.8) is 0 Å². The standard InChI is InChI=1S/C19H15N3/c1-3-9-15(10-4-1)20-19-21-17-13-7-8-14-18(17)22(19)16-11-5-2-6-12-16/h1-14H,(H,20,21). The summed E-state index contributed by atoms with van der Waals surface area (Å²) in [6.45, 7) is 0. The van der Waals surface area contributed by atoms with Crippen LogP contribution in [0.1, 0.15) is 0 Å². The maximum absolute atomic E-state index is 4.74. The monoisotopic (exact) mass is 285 g/mol. The number of nitrogens with one attached hydrogen (secondary N) is 1. The zero-order valence-electron chi connectivity index (χ0n) is 12.0. The van der Waals surface area contributed by atoms with Crippen LogP contribution in [0.25, 0.3) is 16.7 Å². The molecule has 0 saturated heterocycles. The van der Waals surface area contributed by atoms with Crippen molar-refractivity contribution in [2.24, 2.45) is 0 Å². The van der Waals surface area contributed by atoms with E-state index in [1.807, 2.05) is 66.7 Å². The van der Waals surface area contributed by atoms with Gasteiger partial charge < -0.3 is 5.32 Å². The molecule has 0 unspecified atom stereocenters. The minimum atomic E-state index is 0.818. The number of hydrogen-bond donors (Lipinski definition) is 1. The second kappa shape index (κ2) is 5.37. The van der Waals surface area contributed by atoms with E-state index in [0.717, 1.165) is 28.4 Å². The molecule has 0 aliphatic carbocycles. The lowest BCUT2D eigenvalue weighted by molar-refractivity contribution is 1.10. The molecule has 3 heteroatoms. The lowest BCUT2D eigenvalue weighted by Crippen LogP contribution is -2.01. The maximum Gasteiger partial charge on any atom is 0.213 e. The molecule has 4 aromatic rings. The number of aromatic nitrogens is 2. The van der Waals surface area contributed by atoms with E-state index in [0.29, 0.717) is 0 Å². The Morgan fingerprint density at radius 3 is 2.09 bits per heavy atom. The molecule has 3 nitrogen and oxygen atoms in total. The molecule has 0 atom stereocenters. The maximum atomic E-state index is 4.74. The normalized spacial score (nSPS) is 10.7. The van der Waals surface area contributed by atoms with Gasteiger partial charge in [-0.3, -0.25) is 4.57 Å². The van der Waals surface area contributed by atoms with Crippen LogP contribution in [0.4, 0.5) is 11.6 Å². The number of anilines is 2. The zero-order chi connectivity index (χ0) is 14.8. The second-order valence-corrected chi connectivity index (χ2v) is 5.09. The number of para-hydroxylation sites is 4. The van der Waals surface area contributed by atoms with Gasteiger partial charge >= 0.3 is 0 Å². The fourth-order valence-corrected chi connectivity index (χ4v) is 2.60. The Kier molecular flexibility index (Phi) is 3.09. The summed E-state index contributed by atoms with van der Waals surface area (Å²) in [7, 11) is 0. The molecule has 1 N–H and O–H groups in total. The van der Waals surface area contributed by atoms with Gasteiger partial charge in [0.25, 0.3) is 0 Å². The van der Waals surface area contributed by atoms with E-state index in [-0.39, 0.29) is 0 Å². The molecule has 106 valence electrons. The minimum Gasteiger partial charge on any atom is -0.325 e. The average Bonchev–Trinajstić information content (AvgIpc) is 2.94. The summed E-state index contributed by atoms with van der Waals surface area (Å²) in [6.07, 6.45) is 0. The molecular formula is C19H15N3. The van der Waals surface area contributed by atoms with Crippen molar-refractivity contribution in [1.29, 1.82) is 0 Å². The first kappa shape index (κ1) is 12.7. The summed E-state index contributed by atoms with van der Waals surface area (Å²) in [5.74, 6) is 0.818. The lowest BCUT2D eigenvalue weighted by atomic mass is 10.3. The van der Waals surface area contributed by atoms with Gasteiger partial charge in [-0.25, -0.2) is 4.98 Å². The number of rotatable bonds is 3. The van der Waals surface area contributed by atoms with Crippen molar-refractivity contribution in [3.8, 4) is 5.69 Å². The Bertz CT molecular complexity index is 896. The summed E-state index contributed by atoms with van der Waals surface area (Å²) < 4.78 is 2.14. The highest BCUT2D eigenvalue weighted by Gasteiger charge is 2.11. The first-order valence-electron chi connectivity index (χ1n) is 7.27. The van der Waals surface area contributed by atoms with E-state index in [1.54, 1.807) is 0 Å². The smallest absolute Gasteiger partial charge is 0.213 e. The van der Waals surface area contributed by atoms with Crippen LogP contribution < -0.4 is 5.32 Å². The number of benzene rings is 3. The van der Waals surface area contributed by atoms with Crippen molar-refractivity contribution < 1.29 is 0 Å². The summed E-state index contributed by atoms with van der Waals surface area (Å²) in [5, 5.41) is 3.41. The first-order valence-corrected chi connectivity index (χ1v) is 7.27. The Hall–Kier alpha value is -3.07. The van der Waals surface area contributed by atoms with Gasteiger partial charge in [0.2, 0.25) is 5.95 Å². The van der Waals surface area contributed by atoms with Gasteiger partial charge in [-0.15, -0.1) is 0 Å². The van der Waals surface area contributed by atoms with Gasteiger partial charge in [0.15, 0.2) is 0 Å². The largest absolute Gasteiger partial charge is 0.325 e. The predicted octanol–water partition coefficient (Wildman–Crippen LogP) is 4.77. The van der Waals surface area contributed by atoms with Gasteiger partial charge in [-0.2, -0.15) is 0 Å². The third kappa shape index (κ3) is 2.23. The molecule has 0 bridgehead atoms. The molecule has 0 radical (unpaired) electrons. The van der Waals surface area contributed by atoms with E-state index >= 15 is 0 Å². The molecule has 1 aromatic heterocycles. The van der Waals surface area contributed by atoms with Crippen LogP contribution in [0.5, 0.6) is 0 Å². The van der Waals surface area contributed by atoms with Gasteiger partial charge in [0.1, 0.15) is 0 Å². The molecule has 0 fully saturated rings. The Balaban J connectivity index is 1.90. The summed E-state index contributed by atoms with van der Waals surface area (Å²) in [4.78, 5) is 4.74. The van der Waals surface area contributed by atoms with Crippen LogP contribution in [-0.4, -0.2) is 9.55 Å². The van der Waals surface area contributed by atoms with Crippen LogP contribution in [-0.2, 0) is 0 Å². The summed E-state index contributed by atoms with van der Waals surface area (Å²) >= 11 is 0. The lowest BCUT2D eigenvalue weighted by Gasteiger charge is -2.10. The Morgan fingerprint density at radius 2 is 1.32 bits per heavy atom. The van der Waals surface area contributed by atoms with E-state index in [9.17, 15) is 0 Å². The van der Waals surface area contributed by atoms with E-state index in [4.69, 9.17) is 4.98 Å². The Morgan fingerprint density at radius 1 is 0.682 bits per heavy atom. The van der Waals surface area contributed by atoms with Crippen LogP contribution in [0.15, 0.2) is 84.9 Å². The van der Waals surface area contributed by atoms with Crippen molar-refractivity contribution in [2.75, 3.05) is 5.32 Å². The van der Waals surface area contributed by atoms with Crippen LogP contribution in [0, 0.1) is 0 Å². The van der Waals surface area contributed by atoms with Crippen LogP contribution in [0.2, 0.25) is 0 Å². The summed E-state index contributed by atoms with van der Waals surface area (Å²) in [6, 6.07) is 28.5. The molecule has 4 rings (SSSR count). The van der Waals surface area contributed by atoms with Gasteiger partial charge in [0, 0.05) is 11.4 Å². The average molecular weight is 285 g/mol. The molecule has 0 saturated carbocycles.